The molecule has 1 N–H and O–H groups in total. The van der Waals surface area contributed by atoms with Gasteiger partial charge in [0, 0.05) is 4.88 Å². The standard InChI is InChI=1S/C13H20OS/c1-12(2)7-8-13(14,10-12)6-5-11-4-3-9-15-11/h3-4,9,14H,5-8,10H2,1-2H3. The van der Waals surface area contributed by atoms with Crippen LogP contribution in [0.2, 0.25) is 0 Å². The average Bonchev–Trinajstić information content (AvgIpc) is 2.71. The van der Waals surface area contributed by atoms with Gasteiger partial charge in [0.25, 0.3) is 0 Å². The summed E-state index contributed by atoms with van der Waals surface area (Å²) in [6.07, 6.45) is 5.06. The highest BCUT2D eigenvalue weighted by atomic mass is 32.1. The Morgan fingerprint density at radius 1 is 1.40 bits per heavy atom. The number of aliphatic hydroxyl groups is 1. The van der Waals surface area contributed by atoms with Crippen molar-refractivity contribution >= 4 is 11.3 Å². The zero-order valence-electron chi connectivity index (χ0n) is 9.62. The van der Waals surface area contributed by atoms with Gasteiger partial charge < -0.3 is 5.11 Å². The summed E-state index contributed by atoms with van der Waals surface area (Å²) in [5, 5.41) is 12.5. The Balaban J connectivity index is 1.90. The van der Waals surface area contributed by atoms with Gasteiger partial charge in [-0.05, 0) is 49.0 Å². The van der Waals surface area contributed by atoms with Crippen LogP contribution in [0.15, 0.2) is 17.5 Å². The van der Waals surface area contributed by atoms with E-state index in [1.54, 1.807) is 11.3 Å². The van der Waals surface area contributed by atoms with Gasteiger partial charge in [-0.3, -0.25) is 0 Å². The van der Waals surface area contributed by atoms with Crippen molar-refractivity contribution in [3.8, 4) is 0 Å². The van der Waals surface area contributed by atoms with Crippen LogP contribution in [0.3, 0.4) is 0 Å². The maximum atomic E-state index is 10.4. The van der Waals surface area contributed by atoms with Crippen LogP contribution in [0.25, 0.3) is 0 Å². The molecule has 1 aliphatic carbocycles. The molecule has 1 fully saturated rings. The van der Waals surface area contributed by atoms with E-state index in [0.717, 1.165) is 32.1 Å². The Morgan fingerprint density at radius 3 is 2.73 bits per heavy atom. The first kappa shape index (κ1) is 11.2. The van der Waals surface area contributed by atoms with E-state index in [0.29, 0.717) is 5.41 Å². The summed E-state index contributed by atoms with van der Waals surface area (Å²) in [5.74, 6) is 0. The molecule has 0 bridgehead atoms. The van der Waals surface area contributed by atoms with Crippen molar-refractivity contribution in [2.45, 2.75) is 51.6 Å². The van der Waals surface area contributed by atoms with Crippen molar-refractivity contribution in [2.75, 3.05) is 0 Å². The normalized spacial score (nSPS) is 29.5. The second-order valence-corrected chi connectivity index (χ2v) is 6.68. The van der Waals surface area contributed by atoms with Crippen molar-refractivity contribution in [2.24, 2.45) is 5.41 Å². The molecule has 1 nitrogen and oxygen atoms in total. The molecule has 1 atom stereocenters. The van der Waals surface area contributed by atoms with Crippen LogP contribution in [0.1, 0.15) is 44.4 Å². The molecule has 0 spiro atoms. The minimum absolute atomic E-state index is 0.337. The molecule has 0 radical (unpaired) electrons. The van der Waals surface area contributed by atoms with Crippen LogP contribution in [-0.4, -0.2) is 10.7 Å². The fourth-order valence-electron chi connectivity index (χ4n) is 2.66. The average molecular weight is 224 g/mol. The summed E-state index contributed by atoms with van der Waals surface area (Å²) in [5.41, 5.74) is -0.0578. The molecule has 2 heteroatoms. The van der Waals surface area contributed by atoms with Gasteiger partial charge >= 0.3 is 0 Å². The van der Waals surface area contributed by atoms with Crippen LogP contribution in [0, 0.1) is 5.41 Å². The van der Waals surface area contributed by atoms with E-state index in [9.17, 15) is 5.11 Å². The van der Waals surface area contributed by atoms with Crippen molar-refractivity contribution in [1.29, 1.82) is 0 Å². The number of hydrogen-bond acceptors (Lipinski definition) is 2. The monoisotopic (exact) mass is 224 g/mol. The van der Waals surface area contributed by atoms with E-state index in [-0.39, 0.29) is 0 Å². The van der Waals surface area contributed by atoms with E-state index in [1.165, 1.54) is 4.88 Å². The first-order valence-electron chi connectivity index (χ1n) is 5.74. The molecule has 0 saturated heterocycles. The van der Waals surface area contributed by atoms with E-state index in [2.05, 4.69) is 31.4 Å². The van der Waals surface area contributed by atoms with Crippen molar-refractivity contribution in [1.82, 2.24) is 0 Å². The number of hydrogen-bond donors (Lipinski definition) is 1. The van der Waals surface area contributed by atoms with Crippen LogP contribution in [-0.2, 0) is 6.42 Å². The fourth-order valence-corrected chi connectivity index (χ4v) is 3.37. The molecule has 2 rings (SSSR count). The van der Waals surface area contributed by atoms with Crippen LogP contribution in [0.4, 0.5) is 0 Å². The minimum atomic E-state index is -0.395. The highest BCUT2D eigenvalue weighted by Crippen LogP contribution is 2.45. The maximum Gasteiger partial charge on any atom is 0.0656 e. The molecule has 1 aromatic rings. The molecular formula is C13H20OS. The van der Waals surface area contributed by atoms with Gasteiger partial charge in [0.15, 0.2) is 0 Å². The molecule has 15 heavy (non-hydrogen) atoms. The molecule has 1 heterocycles. The van der Waals surface area contributed by atoms with Crippen molar-refractivity contribution < 1.29 is 5.11 Å². The third kappa shape index (κ3) is 2.82. The molecule has 1 unspecified atom stereocenters. The first-order valence-corrected chi connectivity index (χ1v) is 6.62. The Kier molecular flexibility index (Phi) is 2.91. The second kappa shape index (κ2) is 3.91. The highest BCUT2D eigenvalue weighted by Gasteiger charge is 2.41. The van der Waals surface area contributed by atoms with Crippen LogP contribution < -0.4 is 0 Å². The molecule has 1 saturated carbocycles. The SMILES string of the molecule is CC1(C)CCC(O)(CCc2cccs2)C1. The topological polar surface area (TPSA) is 20.2 Å². The smallest absolute Gasteiger partial charge is 0.0656 e. The predicted molar refractivity (Wildman–Crippen MR) is 65.2 cm³/mol. The van der Waals surface area contributed by atoms with Gasteiger partial charge in [-0.15, -0.1) is 11.3 Å². The van der Waals surface area contributed by atoms with E-state index in [1.807, 2.05) is 0 Å². The van der Waals surface area contributed by atoms with Gasteiger partial charge in [0.05, 0.1) is 5.60 Å². The summed E-state index contributed by atoms with van der Waals surface area (Å²) in [4.78, 5) is 1.40. The number of thiophene rings is 1. The van der Waals surface area contributed by atoms with Crippen molar-refractivity contribution in [3.05, 3.63) is 22.4 Å². The third-order valence-corrected chi connectivity index (χ3v) is 4.43. The number of rotatable bonds is 3. The van der Waals surface area contributed by atoms with Gasteiger partial charge in [0.1, 0.15) is 0 Å². The second-order valence-electron chi connectivity index (χ2n) is 5.64. The Morgan fingerprint density at radius 2 is 2.20 bits per heavy atom. The largest absolute Gasteiger partial charge is 0.390 e. The summed E-state index contributed by atoms with van der Waals surface area (Å²) in [6, 6.07) is 4.25. The quantitative estimate of drug-likeness (QED) is 0.831. The lowest BCUT2D eigenvalue weighted by Gasteiger charge is -2.24. The lowest BCUT2D eigenvalue weighted by molar-refractivity contribution is 0.0294. The Bertz CT molecular complexity index is 315. The third-order valence-electron chi connectivity index (χ3n) is 3.49. The highest BCUT2D eigenvalue weighted by molar-refractivity contribution is 7.09. The van der Waals surface area contributed by atoms with Gasteiger partial charge in [0.2, 0.25) is 0 Å². The summed E-state index contributed by atoms with van der Waals surface area (Å²) >= 11 is 1.79. The van der Waals surface area contributed by atoms with Crippen molar-refractivity contribution in [3.63, 3.8) is 0 Å². The lowest BCUT2D eigenvalue weighted by atomic mass is 9.87. The molecule has 1 aliphatic rings. The van der Waals surface area contributed by atoms with Gasteiger partial charge in [-0.1, -0.05) is 19.9 Å². The van der Waals surface area contributed by atoms with Crippen LogP contribution in [0.5, 0.6) is 0 Å². The Hall–Kier alpha value is -0.340. The van der Waals surface area contributed by atoms with Crippen LogP contribution >= 0.6 is 11.3 Å². The number of aryl methyl sites for hydroxylation is 1. The lowest BCUT2D eigenvalue weighted by Crippen LogP contribution is -2.26. The molecular weight excluding hydrogens is 204 g/mol. The molecule has 0 aromatic carbocycles. The zero-order chi connectivity index (χ0) is 10.9. The van der Waals surface area contributed by atoms with Gasteiger partial charge in [-0.25, -0.2) is 0 Å². The zero-order valence-corrected chi connectivity index (χ0v) is 10.4. The van der Waals surface area contributed by atoms with E-state index >= 15 is 0 Å². The molecule has 0 aliphatic heterocycles. The summed E-state index contributed by atoms with van der Waals surface area (Å²) in [6.45, 7) is 4.52. The molecule has 84 valence electrons. The van der Waals surface area contributed by atoms with E-state index < -0.39 is 5.60 Å². The summed E-state index contributed by atoms with van der Waals surface area (Å²) in [7, 11) is 0. The van der Waals surface area contributed by atoms with Gasteiger partial charge in [-0.2, -0.15) is 0 Å². The first-order chi connectivity index (χ1) is 6.99. The predicted octanol–water partition coefficient (Wildman–Crippen LogP) is 3.62. The Labute approximate surface area is 96.1 Å². The minimum Gasteiger partial charge on any atom is -0.390 e. The molecule has 0 amide bonds. The summed E-state index contributed by atoms with van der Waals surface area (Å²) < 4.78 is 0. The fraction of sp³-hybridized carbons (Fsp3) is 0.692. The van der Waals surface area contributed by atoms with E-state index in [4.69, 9.17) is 0 Å². The maximum absolute atomic E-state index is 10.4. The molecule has 1 aromatic heterocycles.